The Morgan fingerprint density at radius 3 is 2.44 bits per heavy atom. The molecule has 0 aromatic heterocycles. The number of hydrogen-bond acceptors (Lipinski definition) is 3. The molecule has 1 aromatic carbocycles. The third-order valence-corrected chi connectivity index (χ3v) is 4.28. The number of aliphatic hydroxyl groups excluding tert-OH is 1. The summed E-state index contributed by atoms with van der Waals surface area (Å²) in [6.45, 7) is 5.61. The van der Waals surface area contributed by atoms with Crippen LogP contribution in [0.25, 0.3) is 0 Å². The molecule has 98 valence electrons. The maximum Gasteiger partial charge on any atom is 0.163 e. The number of Topliss-reactive ketones (excluding diaryl/α,β-unsaturated/α-hetero) is 1. The van der Waals surface area contributed by atoms with Crippen molar-refractivity contribution in [2.45, 2.75) is 45.1 Å². The van der Waals surface area contributed by atoms with E-state index in [0.717, 1.165) is 18.4 Å². The number of ketones is 1. The first-order valence-electron chi connectivity index (χ1n) is 6.36. The van der Waals surface area contributed by atoms with E-state index in [9.17, 15) is 15.0 Å². The lowest BCUT2D eigenvalue weighted by Crippen LogP contribution is -2.44. The van der Waals surface area contributed by atoms with E-state index >= 15 is 0 Å². The number of rotatable bonds is 3. The number of phenolic OH excluding ortho intramolecular Hbond substituents is 1. The quantitative estimate of drug-likeness (QED) is 0.808. The number of aliphatic hydroxyl groups is 1. The predicted octanol–water partition coefficient (Wildman–Crippen LogP) is 2.64. The van der Waals surface area contributed by atoms with Gasteiger partial charge in [0.05, 0.1) is 11.7 Å². The van der Waals surface area contributed by atoms with Gasteiger partial charge in [0, 0.05) is 0 Å². The second-order valence-corrected chi connectivity index (χ2v) is 5.76. The van der Waals surface area contributed by atoms with Crippen molar-refractivity contribution < 1.29 is 15.0 Å². The molecule has 0 saturated heterocycles. The Morgan fingerprint density at radius 1 is 1.33 bits per heavy atom. The van der Waals surface area contributed by atoms with Gasteiger partial charge in [-0.1, -0.05) is 19.9 Å². The number of carbonyl (C=O) groups excluding carboxylic acids is 1. The molecular formula is C15H20O3. The summed E-state index contributed by atoms with van der Waals surface area (Å²) < 4.78 is 0. The molecule has 1 unspecified atom stereocenters. The van der Waals surface area contributed by atoms with Crippen molar-refractivity contribution >= 4 is 5.78 Å². The number of carbonyl (C=O) groups is 1. The Balaban J connectivity index is 2.38. The van der Waals surface area contributed by atoms with Gasteiger partial charge in [0.25, 0.3) is 0 Å². The lowest BCUT2D eigenvalue weighted by molar-refractivity contribution is -0.0145. The molecule has 0 heterocycles. The van der Waals surface area contributed by atoms with Gasteiger partial charge in [-0.25, -0.2) is 0 Å². The van der Waals surface area contributed by atoms with Gasteiger partial charge in [-0.3, -0.25) is 4.79 Å². The van der Waals surface area contributed by atoms with Gasteiger partial charge in [-0.05, 0) is 48.8 Å². The topological polar surface area (TPSA) is 57.5 Å². The maximum atomic E-state index is 11.5. The molecule has 1 aliphatic rings. The average molecular weight is 248 g/mol. The molecule has 1 fully saturated rings. The summed E-state index contributed by atoms with van der Waals surface area (Å²) in [6, 6.07) is 5.16. The summed E-state index contributed by atoms with van der Waals surface area (Å²) in [6.07, 6.45) is 1.60. The first kappa shape index (κ1) is 13.1. The smallest absolute Gasteiger partial charge is 0.163 e. The normalized spacial score (nSPS) is 23.6. The summed E-state index contributed by atoms with van der Waals surface area (Å²) in [5.74, 6) is 0.109. The largest absolute Gasteiger partial charge is 0.507 e. The van der Waals surface area contributed by atoms with Gasteiger partial charge >= 0.3 is 0 Å². The van der Waals surface area contributed by atoms with Crippen molar-refractivity contribution in [3.63, 3.8) is 0 Å². The zero-order valence-electron chi connectivity index (χ0n) is 11.1. The van der Waals surface area contributed by atoms with E-state index in [1.54, 1.807) is 12.1 Å². The molecule has 0 amide bonds. The van der Waals surface area contributed by atoms with Crippen LogP contribution in [0.5, 0.6) is 5.75 Å². The van der Waals surface area contributed by atoms with Gasteiger partial charge in [0.2, 0.25) is 0 Å². The Bertz CT molecular complexity index is 477. The third kappa shape index (κ3) is 2.03. The minimum Gasteiger partial charge on any atom is -0.507 e. The van der Waals surface area contributed by atoms with E-state index in [0.29, 0.717) is 5.56 Å². The van der Waals surface area contributed by atoms with Crippen LogP contribution in [0.1, 0.15) is 49.5 Å². The van der Waals surface area contributed by atoms with Crippen LogP contribution in [0.4, 0.5) is 0 Å². The van der Waals surface area contributed by atoms with Gasteiger partial charge in [0.1, 0.15) is 5.75 Å². The molecule has 0 spiro atoms. The first-order valence-corrected chi connectivity index (χ1v) is 6.36. The highest BCUT2D eigenvalue weighted by Gasteiger charge is 2.42. The number of aromatic hydroxyl groups is 1. The molecule has 1 aliphatic carbocycles. The summed E-state index contributed by atoms with van der Waals surface area (Å²) in [5, 5.41) is 19.5. The van der Waals surface area contributed by atoms with Gasteiger partial charge < -0.3 is 10.2 Å². The minimum atomic E-state index is -0.255. The van der Waals surface area contributed by atoms with Crippen LogP contribution in [-0.2, 0) is 5.41 Å². The first-order chi connectivity index (χ1) is 8.34. The molecule has 1 saturated carbocycles. The molecule has 1 aromatic rings. The fourth-order valence-electron chi connectivity index (χ4n) is 2.76. The molecule has 3 heteroatoms. The van der Waals surface area contributed by atoms with E-state index in [2.05, 4.69) is 13.8 Å². The van der Waals surface area contributed by atoms with Crippen LogP contribution < -0.4 is 0 Å². The second kappa shape index (κ2) is 4.39. The molecule has 0 radical (unpaired) electrons. The van der Waals surface area contributed by atoms with Crippen molar-refractivity contribution in [3.05, 3.63) is 29.3 Å². The summed E-state index contributed by atoms with van der Waals surface area (Å²) in [5.41, 5.74) is 1.17. The average Bonchev–Trinajstić information content (AvgIpc) is 2.26. The fraction of sp³-hybridized carbons (Fsp3) is 0.533. The number of phenols is 1. The maximum absolute atomic E-state index is 11.5. The van der Waals surface area contributed by atoms with Crippen LogP contribution in [0, 0.1) is 5.92 Å². The zero-order valence-corrected chi connectivity index (χ0v) is 11.1. The van der Waals surface area contributed by atoms with Crippen molar-refractivity contribution in [3.8, 4) is 5.75 Å². The van der Waals surface area contributed by atoms with Crippen LogP contribution in [0.3, 0.4) is 0 Å². The number of hydrogen-bond donors (Lipinski definition) is 2. The SMILES string of the molecule is CC(=O)c1cc(C(C)(C)C2CC[C@@H]2O)ccc1O. The van der Waals surface area contributed by atoms with E-state index in [1.807, 2.05) is 6.07 Å². The molecule has 2 N–H and O–H groups in total. The van der Waals surface area contributed by atoms with E-state index in [-0.39, 0.29) is 29.0 Å². The van der Waals surface area contributed by atoms with Gasteiger partial charge in [0.15, 0.2) is 5.78 Å². The third-order valence-electron chi connectivity index (χ3n) is 4.28. The second-order valence-electron chi connectivity index (χ2n) is 5.76. The van der Waals surface area contributed by atoms with Crippen LogP contribution >= 0.6 is 0 Å². The molecule has 3 nitrogen and oxygen atoms in total. The Labute approximate surface area is 107 Å². The predicted molar refractivity (Wildman–Crippen MR) is 69.9 cm³/mol. The molecule has 2 rings (SSSR count). The lowest BCUT2D eigenvalue weighted by Gasteiger charge is -2.44. The van der Waals surface area contributed by atoms with Crippen LogP contribution in [-0.4, -0.2) is 22.1 Å². The zero-order chi connectivity index (χ0) is 13.5. The molecular weight excluding hydrogens is 228 g/mol. The monoisotopic (exact) mass is 248 g/mol. The Morgan fingerprint density at radius 2 is 2.00 bits per heavy atom. The standard InChI is InChI=1S/C15H20O3/c1-9(16)11-8-10(4-6-13(11)17)15(2,3)12-5-7-14(12)18/h4,6,8,12,14,17-18H,5,7H2,1-3H3/t12?,14-/m0/s1. The van der Waals surface area contributed by atoms with Crippen molar-refractivity contribution in [2.24, 2.45) is 5.92 Å². The molecule has 0 aliphatic heterocycles. The van der Waals surface area contributed by atoms with E-state index < -0.39 is 0 Å². The lowest BCUT2D eigenvalue weighted by atomic mass is 9.62. The van der Waals surface area contributed by atoms with Gasteiger partial charge in [-0.2, -0.15) is 0 Å². The summed E-state index contributed by atoms with van der Waals surface area (Å²) >= 11 is 0. The molecule has 0 bridgehead atoms. The summed E-state index contributed by atoms with van der Waals surface area (Å²) in [4.78, 5) is 11.5. The molecule has 2 atom stereocenters. The summed E-state index contributed by atoms with van der Waals surface area (Å²) in [7, 11) is 0. The Hall–Kier alpha value is -1.35. The van der Waals surface area contributed by atoms with Crippen molar-refractivity contribution in [2.75, 3.05) is 0 Å². The van der Waals surface area contributed by atoms with E-state index in [4.69, 9.17) is 0 Å². The minimum absolute atomic E-state index is 0.0243. The Kier molecular flexibility index (Phi) is 3.20. The van der Waals surface area contributed by atoms with Crippen molar-refractivity contribution in [1.82, 2.24) is 0 Å². The highest BCUT2D eigenvalue weighted by molar-refractivity contribution is 5.96. The highest BCUT2D eigenvalue weighted by atomic mass is 16.3. The van der Waals surface area contributed by atoms with Crippen LogP contribution in [0.2, 0.25) is 0 Å². The van der Waals surface area contributed by atoms with Gasteiger partial charge in [-0.15, -0.1) is 0 Å². The van der Waals surface area contributed by atoms with Crippen LogP contribution in [0.15, 0.2) is 18.2 Å². The number of benzene rings is 1. The van der Waals surface area contributed by atoms with Crippen molar-refractivity contribution in [1.29, 1.82) is 0 Å². The van der Waals surface area contributed by atoms with E-state index in [1.165, 1.54) is 6.92 Å². The fourth-order valence-corrected chi connectivity index (χ4v) is 2.76. The molecule has 18 heavy (non-hydrogen) atoms. The highest BCUT2D eigenvalue weighted by Crippen LogP contribution is 2.44.